The molecule has 0 amide bonds. The molecule has 2 nitrogen and oxygen atoms in total. The quantitative estimate of drug-likeness (QED) is 0.382. The minimum Gasteiger partial charge on any atom is -0.314 e. The van der Waals surface area contributed by atoms with Crippen LogP contribution in [0.15, 0.2) is 30.9 Å². The Hall–Kier alpha value is -0.170. The van der Waals surface area contributed by atoms with Gasteiger partial charge in [-0.2, -0.15) is 0 Å². The molecule has 124 valence electrons. The first-order valence-corrected chi connectivity index (χ1v) is 8.81. The maximum Gasteiger partial charge on any atom is 0.128 e. The van der Waals surface area contributed by atoms with Crippen LogP contribution in [-0.2, 0) is 0 Å². The number of halogens is 3. The van der Waals surface area contributed by atoms with Gasteiger partial charge in [0.1, 0.15) is 5.82 Å². The van der Waals surface area contributed by atoms with Gasteiger partial charge in [-0.25, -0.2) is 4.39 Å². The Kier molecular flexibility index (Phi) is 9.55. The lowest BCUT2D eigenvalue weighted by atomic mass is 9.97. The summed E-state index contributed by atoms with van der Waals surface area (Å²) in [7, 11) is 0. The minimum absolute atomic E-state index is 0. The van der Waals surface area contributed by atoms with Crippen molar-refractivity contribution in [2.75, 3.05) is 26.2 Å². The number of nitrogens with one attached hydrogen (secondary N) is 1. The Morgan fingerprint density at radius 2 is 2.05 bits per heavy atom. The number of unbranched alkanes of at least 4 members (excludes halogenated alkanes) is 2. The number of nitrogens with zero attached hydrogens (tertiary/aromatic N) is 1. The summed E-state index contributed by atoms with van der Waals surface area (Å²) in [4.78, 5) is 2.43. The van der Waals surface area contributed by atoms with Crippen molar-refractivity contribution < 1.29 is 4.39 Å². The topological polar surface area (TPSA) is 15.3 Å². The Balaban J connectivity index is 0.00000242. The zero-order valence-electron chi connectivity index (χ0n) is 12.9. The Morgan fingerprint density at radius 3 is 2.73 bits per heavy atom. The van der Waals surface area contributed by atoms with Crippen LogP contribution in [-0.4, -0.2) is 31.1 Å². The molecule has 1 aromatic carbocycles. The molecule has 1 aliphatic heterocycles. The molecule has 0 radical (unpaired) electrons. The molecule has 0 aromatic heterocycles. The molecular formula is C17H25ClFIN2. The van der Waals surface area contributed by atoms with Crippen LogP contribution in [0.5, 0.6) is 0 Å². The molecule has 1 atom stereocenters. The lowest BCUT2D eigenvalue weighted by Gasteiger charge is -2.35. The van der Waals surface area contributed by atoms with E-state index in [-0.39, 0.29) is 24.3 Å². The van der Waals surface area contributed by atoms with Crippen LogP contribution in [0.1, 0.15) is 37.3 Å². The zero-order valence-corrected chi connectivity index (χ0v) is 15.8. The van der Waals surface area contributed by atoms with E-state index < -0.39 is 0 Å². The Bertz CT molecular complexity index is 464. The lowest BCUT2D eigenvalue weighted by molar-refractivity contribution is 0.159. The summed E-state index contributed by atoms with van der Waals surface area (Å²) < 4.78 is 15.4. The highest BCUT2D eigenvalue weighted by Crippen LogP contribution is 2.30. The standard InChI is InChI=1S/C17H24FIN2.ClH/c1-2-3-4-5-6-17(21-11-9-20-10-12-21)15-13-14(19)7-8-16(15)18;/h2,7-8,13,17,20H,1,3-6,9-12H2;1H/t17-;/m1./s1. The van der Waals surface area contributed by atoms with Crippen LogP contribution < -0.4 is 5.32 Å². The molecule has 1 N–H and O–H groups in total. The third-order valence-corrected chi connectivity index (χ3v) is 4.72. The van der Waals surface area contributed by atoms with Crippen molar-refractivity contribution >= 4 is 35.0 Å². The van der Waals surface area contributed by atoms with Crippen molar-refractivity contribution in [2.24, 2.45) is 0 Å². The van der Waals surface area contributed by atoms with Gasteiger partial charge in [0.25, 0.3) is 0 Å². The smallest absolute Gasteiger partial charge is 0.128 e. The summed E-state index contributed by atoms with van der Waals surface area (Å²) in [5.74, 6) is -0.0670. The first kappa shape index (κ1) is 19.9. The number of piperazine rings is 1. The highest BCUT2D eigenvalue weighted by Gasteiger charge is 2.24. The van der Waals surface area contributed by atoms with Crippen molar-refractivity contribution in [1.29, 1.82) is 0 Å². The number of hydrogen-bond donors (Lipinski definition) is 1. The van der Waals surface area contributed by atoms with E-state index in [2.05, 4.69) is 39.4 Å². The van der Waals surface area contributed by atoms with Gasteiger partial charge in [0.2, 0.25) is 0 Å². The molecular weight excluding hydrogens is 414 g/mol. The van der Waals surface area contributed by atoms with E-state index in [1.54, 1.807) is 6.07 Å². The van der Waals surface area contributed by atoms with Gasteiger partial charge in [-0.15, -0.1) is 19.0 Å². The molecule has 1 aliphatic rings. The predicted octanol–water partition coefficient (Wildman–Crippen LogP) is 4.54. The molecule has 0 bridgehead atoms. The molecule has 0 aliphatic carbocycles. The first-order chi connectivity index (χ1) is 10.2. The predicted molar refractivity (Wildman–Crippen MR) is 102 cm³/mol. The molecule has 0 spiro atoms. The first-order valence-electron chi connectivity index (χ1n) is 7.73. The van der Waals surface area contributed by atoms with Crippen molar-refractivity contribution in [1.82, 2.24) is 10.2 Å². The Morgan fingerprint density at radius 1 is 1.32 bits per heavy atom. The van der Waals surface area contributed by atoms with Crippen LogP contribution >= 0.6 is 35.0 Å². The van der Waals surface area contributed by atoms with E-state index in [0.717, 1.165) is 61.0 Å². The normalized spacial score (nSPS) is 16.8. The highest BCUT2D eigenvalue weighted by atomic mass is 127. The molecule has 0 saturated carbocycles. The fourth-order valence-electron chi connectivity index (χ4n) is 2.92. The van der Waals surface area contributed by atoms with Crippen LogP contribution in [0.2, 0.25) is 0 Å². The molecule has 1 heterocycles. The third-order valence-electron chi connectivity index (χ3n) is 4.05. The van der Waals surface area contributed by atoms with Gasteiger partial charge >= 0.3 is 0 Å². The average Bonchev–Trinajstić information content (AvgIpc) is 2.51. The lowest BCUT2D eigenvalue weighted by Crippen LogP contribution is -2.45. The number of benzene rings is 1. The van der Waals surface area contributed by atoms with Crippen LogP contribution in [0, 0.1) is 9.39 Å². The van der Waals surface area contributed by atoms with Gasteiger partial charge in [0.05, 0.1) is 0 Å². The number of rotatable bonds is 7. The summed E-state index contributed by atoms with van der Waals surface area (Å²) in [6.45, 7) is 7.76. The largest absolute Gasteiger partial charge is 0.314 e. The van der Waals surface area contributed by atoms with Gasteiger partial charge < -0.3 is 5.32 Å². The van der Waals surface area contributed by atoms with Crippen LogP contribution in [0.3, 0.4) is 0 Å². The van der Waals surface area contributed by atoms with E-state index in [1.165, 1.54) is 0 Å². The van der Waals surface area contributed by atoms with Crippen molar-refractivity contribution in [3.63, 3.8) is 0 Å². The van der Waals surface area contributed by atoms with E-state index in [4.69, 9.17) is 0 Å². The van der Waals surface area contributed by atoms with E-state index in [0.29, 0.717) is 0 Å². The number of hydrogen-bond acceptors (Lipinski definition) is 2. The molecule has 1 fully saturated rings. The van der Waals surface area contributed by atoms with Crippen LogP contribution in [0.4, 0.5) is 4.39 Å². The van der Waals surface area contributed by atoms with Gasteiger partial charge in [-0.1, -0.05) is 12.5 Å². The van der Waals surface area contributed by atoms with Crippen LogP contribution in [0.25, 0.3) is 0 Å². The zero-order chi connectivity index (χ0) is 15.1. The second-order valence-corrected chi connectivity index (χ2v) is 6.79. The SMILES string of the molecule is C=CCCCC[C@H](c1cc(I)ccc1F)N1CCNCC1.Cl. The van der Waals surface area contributed by atoms with Gasteiger partial charge in [-0.05, 0) is 60.1 Å². The highest BCUT2D eigenvalue weighted by molar-refractivity contribution is 14.1. The van der Waals surface area contributed by atoms with Gasteiger partial charge in [0.15, 0.2) is 0 Å². The maximum absolute atomic E-state index is 14.3. The summed E-state index contributed by atoms with van der Waals surface area (Å²) >= 11 is 2.27. The molecule has 0 unspecified atom stereocenters. The minimum atomic E-state index is -0.0670. The van der Waals surface area contributed by atoms with Crippen molar-refractivity contribution in [2.45, 2.75) is 31.7 Å². The monoisotopic (exact) mass is 438 g/mol. The van der Waals surface area contributed by atoms with Crippen molar-refractivity contribution in [3.8, 4) is 0 Å². The van der Waals surface area contributed by atoms with Crippen molar-refractivity contribution in [3.05, 3.63) is 45.8 Å². The second kappa shape index (κ2) is 10.6. The molecule has 22 heavy (non-hydrogen) atoms. The summed E-state index contributed by atoms with van der Waals surface area (Å²) in [5, 5.41) is 3.37. The maximum atomic E-state index is 14.3. The fourth-order valence-corrected chi connectivity index (χ4v) is 3.44. The molecule has 5 heteroatoms. The summed E-state index contributed by atoms with van der Waals surface area (Å²) in [6.07, 6.45) is 6.28. The fraction of sp³-hybridized carbons (Fsp3) is 0.529. The van der Waals surface area contributed by atoms with Gasteiger partial charge in [-0.3, -0.25) is 4.90 Å². The molecule has 1 saturated heterocycles. The molecule has 2 rings (SSSR count). The van der Waals surface area contributed by atoms with E-state index in [1.807, 2.05) is 18.2 Å². The average molecular weight is 439 g/mol. The summed E-state index contributed by atoms with van der Waals surface area (Å²) in [6, 6.07) is 5.66. The third kappa shape index (κ3) is 5.80. The molecule has 1 aromatic rings. The summed E-state index contributed by atoms with van der Waals surface area (Å²) in [5.41, 5.74) is 0.863. The van der Waals surface area contributed by atoms with Gasteiger partial charge in [0, 0.05) is 41.4 Å². The van der Waals surface area contributed by atoms with E-state index >= 15 is 0 Å². The number of allylic oxidation sites excluding steroid dienone is 1. The Labute approximate surface area is 153 Å². The van der Waals surface area contributed by atoms with E-state index in [9.17, 15) is 4.39 Å². The second-order valence-electron chi connectivity index (χ2n) is 5.54.